The lowest BCUT2D eigenvalue weighted by Crippen LogP contribution is -2.24. The van der Waals surface area contributed by atoms with Gasteiger partial charge in [0.2, 0.25) is 0 Å². The SMILES string of the molecule is CCCc1cnc(C)nc1-c1cc(Cl)cc2c1O[C@H](CN)C2. The summed E-state index contributed by atoms with van der Waals surface area (Å²) in [5.74, 6) is 1.62. The Labute approximate surface area is 135 Å². The number of hydrogen-bond acceptors (Lipinski definition) is 4. The third-order valence-electron chi connectivity index (χ3n) is 3.89. The molecular weight excluding hydrogens is 298 g/mol. The van der Waals surface area contributed by atoms with Crippen molar-refractivity contribution in [1.82, 2.24) is 9.97 Å². The molecule has 0 aliphatic carbocycles. The molecule has 1 aromatic heterocycles. The van der Waals surface area contributed by atoms with Crippen molar-refractivity contribution in [3.05, 3.63) is 40.3 Å². The van der Waals surface area contributed by atoms with Crippen molar-refractivity contribution in [2.24, 2.45) is 5.73 Å². The van der Waals surface area contributed by atoms with Gasteiger partial charge in [-0.3, -0.25) is 0 Å². The van der Waals surface area contributed by atoms with Gasteiger partial charge in [0.1, 0.15) is 17.7 Å². The number of fused-ring (bicyclic) bond motifs is 1. The van der Waals surface area contributed by atoms with Crippen molar-refractivity contribution < 1.29 is 4.74 Å². The zero-order chi connectivity index (χ0) is 15.7. The van der Waals surface area contributed by atoms with Gasteiger partial charge in [0.05, 0.1) is 5.69 Å². The highest BCUT2D eigenvalue weighted by molar-refractivity contribution is 6.31. The van der Waals surface area contributed by atoms with E-state index in [1.165, 1.54) is 0 Å². The normalized spacial score (nSPS) is 16.5. The van der Waals surface area contributed by atoms with Crippen LogP contribution in [0.5, 0.6) is 5.75 Å². The largest absolute Gasteiger partial charge is 0.488 e. The van der Waals surface area contributed by atoms with Gasteiger partial charge in [0, 0.05) is 35.3 Å². The first-order valence-corrected chi connectivity index (χ1v) is 8.02. The first kappa shape index (κ1) is 15.3. The Morgan fingerprint density at radius 1 is 1.41 bits per heavy atom. The third-order valence-corrected chi connectivity index (χ3v) is 4.10. The van der Waals surface area contributed by atoms with E-state index in [9.17, 15) is 0 Å². The second kappa shape index (κ2) is 6.23. The Hall–Kier alpha value is -1.65. The smallest absolute Gasteiger partial charge is 0.132 e. The summed E-state index contributed by atoms with van der Waals surface area (Å²) in [4.78, 5) is 8.98. The van der Waals surface area contributed by atoms with E-state index in [1.807, 2.05) is 25.3 Å². The summed E-state index contributed by atoms with van der Waals surface area (Å²) < 4.78 is 6.03. The third kappa shape index (κ3) is 2.81. The fourth-order valence-corrected chi connectivity index (χ4v) is 3.12. The zero-order valence-electron chi connectivity index (χ0n) is 12.9. The summed E-state index contributed by atoms with van der Waals surface area (Å²) >= 11 is 6.31. The summed E-state index contributed by atoms with van der Waals surface area (Å²) in [7, 11) is 0. The van der Waals surface area contributed by atoms with Crippen molar-refractivity contribution in [2.75, 3.05) is 6.54 Å². The van der Waals surface area contributed by atoms with Crippen molar-refractivity contribution >= 4 is 11.6 Å². The highest BCUT2D eigenvalue weighted by Crippen LogP contribution is 2.41. The van der Waals surface area contributed by atoms with Crippen molar-refractivity contribution in [3.63, 3.8) is 0 Å². The zero-order valence-corrected chi connectivity index (χ0v) is 13.7. The van der Waals surface area contributed by atoms with Crippen LogP contribution in [0.3, 0.4) is 0 Å². The highest BCUT2D eigenvalue weighted by Gasteiger charge is 2.27. The predicted octanol–water partition coefficient (Wildman–Crippen LogP) is 3.32. The molecule has 116 valence electrons. The van der Waals surface area contributed by atoms with Crippen molar-refractivity contribution in [2.45, 2.75) is 39.2 Å². The van der Waals surface area contributed by atoms with E-state index in [0.29, 0.717) is 11.6 Å². The van der Waals surface area contributed by atoms with Gasteiger partial charge in [-0.25, -0.2) is 9.97 Å². The van der Waals surface area contributed by atoms with Crippen LogP contribution >= 0.6 is 11.6 Å². The number of aromatic nitrogens is 2. The summed E-state index contributed by atoms with van der Waals surface area (Å²) in [6, 6.07) is 3.89. The Kier molecular flexibility index (Phi) is 4.32. The molecular formula is C17H20ClN3O. The molecule has 1 aromatic carbocycles. The molecule has 1 aliphatic rings. The second-order valence-corrected chi connectivity index (χ2v) is 6.10. The quantitative estimate of drug-likeness (QED) is 0.939. The molecule has 0 unspecified atom stereocenters. The maximum atomic E-state index is 6.31. The predicted molar refractivity (Wildman–Crippen MR) is 88.4 cm³/mol. The van der Waals surface area contributed by atoms with Gasteiger partial charge in [-0.05, 0) is 31.0 Å². The minimum absolute atomic E-state index is 0.0183. The van der Waals surface area contributed by atoms with Crippen LogP contribution in [0.25, 0.3) is 11.3 Å². The molecule has 1 atom stereocenters. The van der Waals surface area contributed by atoms with E-state index in [2.05, 4.69) is 16.9 Å². The summed E-state index contributed by atoms with van der Waals surface area (Å²) in [5, 5.41) is 0.703. The minimum atomic E-state index is 0.0183. The molecule has 2 aromatic rings. The number of benzene rings is 1. The molecule has 0 spiro atoms. The van der Waals surface area contributed by atoms with Gasteiger partial charge >= 0.3 is 0 Å². The molecule has 2 N–H and O–H groups in total. The van der Waals surface area contributed by atoms with E-state index in [-0.39, 0.29) is 6.10 Å². The monoisotopic (exact) mass is 317 g/mol. The lowest BCUT2D eigenvalue weighted by Gasteiger charge is -2.14. The van der Waals surface area contributed by atoms with E-state index in [4.69, 9.17) is 22.1 Å². The molecule has 0 amide bonds. The van der Waals surface area contributed by atoms with Crippen LogP contribution in [0.4, 0.5) is 0 Å². The van der Waals surface area contributed by atoms with Gasteiger partial charge in [-0.15, -0.1) is 0 Å². The van der Waals surface area contributed by atoms with E-state index < -0.39 is 0 Å². The molecule has 0 saturated heterocycles. The van der Waals surface area contributed by atoms with Crippen molar-refractivity contribution in [1.29, 1.82) is 0 Å². The number of aryl methyl sites for hydroxylation is 2. The van der Waals surface area contributed by atoms with Crippen LogP contribution in [0.2, 0.25) is 5.02 Å². The van der Waals surface area contributed by atoms with Gasteiger partial charge in [0.15, 0.2) is 0 Å². The Balaban J connectivity index is 2.16. The molecule has 1 aliphatic heterocycles. The van der Waals surface area contributed by atoms with Crippen LogP contribution in [-0.2, 0) is 12.8 Å². The van der Waals surface area contributed by atoms with E-state index >= 15 is 0 Å². The van der Waals surface area contributed by atoms with Gasteiger partial charge < -0.3 is 10.5 Å². The van der Waals surface area contributed by atoms with E-state index in [1.54, 1.807) is 0 Å². The average molecular weight is 318 g/mol. The fraction of sp³-hybridized carbons (Fsp3) is 0.412. The first-order chi connectivity index (χ1) is 10.6. The molecule has 3 rings (SSSR count). The number of rotatable bonds is 4. The second-order valence-electron chi connectivity index (χ2n) is 5.66. The average Bonchev–Trinajstić information content (AvgIpc) is 2.91. The van der Waals surface area contributed by atoms with Crippen LogP contribution < -0.4 is 10.5 Å². The lowest BCUT2D eigenvalue weighted by atomic mass is 9.99. The lowest BCUT2D eigenvalue weighted by molar-refractivity contribution is 0.242. The van der Waals surface area contributed by atoms with Crippen LogP contribution in [-0.4, -0.2) is 22.6 Å². The summed E-state index contributed by atoms with van der Waals surface area (Å²) in [6.45, 7) is 4.54. The summed E-state index contributed by atoms with van der Waals surface area (Å²) in [5.41, 5.74) is 9.86. The highest BCUT2D eigenvalue weighted by atomic mass is 35.5. The molecule has 2 heterocycles. The molecule has 0 fully saturated rings. The molecule has 0 radical (unpaired) electrons. The van der Waals surface area contributed by atoms with Gasteiger partial charge in [0.25, 0.3) is 0 Å². The number of ether oxygens (including phenoxy) is 1. The fourth-order valence-electron chi connectivity index (χ4n) is 2.88. The Morgan fingerprint density at radius 2 is 2.23 bits per heavy atom. The Morgan fingerprint density at radius 3 is 2.95 bits per heavy atom. The van der Waals surface area contributed by atoms with Crippen molar-refractivity contribution in [3.8, 4) is 17.0 Å². The van der Waals surface area contributed by atoms with Crippen LogP contribution in [0.1, 0.15) is 30.3 Å². The molecule has 0 bridgehead atoms. The molecule has 5 heteroatoms. The van der Waals surface area contributed by atoms with Gasteiger partial charge in [-0.2, -0.15) is 0 Å². The maximum absolute atomic E-state index is 6.31. The number of nitrogens with two attached hydrogens (primary N) is 1. The maximum Gasteiger partial charge on any atom is 0.132 e. The minimum Gasteiger partial charge on any atom is -0.488 e. The summed E-state index contributed by atoms with van der Waals surface area (Å²) in [6.07, 6.45) is 4.69. The Bertz CT molecular complexity index is 703. The number of halogens is 1. The first-order valence-electron chi connectivity index (χ1n) is 7.64. The van der Waals surface area contributed by atoms with Gasteiger partial charge in [-0.1, -0.05) is 24.9 Å². The topological polar surface area (TPSA) is 61.0 Å². The molecule has 4 nitrogen and oxygen atoms in total. The molecule has 22 heavy (non-hydrogen) atoms. The van der Waals surface area contributed by atoms with Crippen LogP contribution in [0.15, 0.2) is 18.3 Å². The van der Waals surface area contributed by atoms with Crippen LogP contribution in [0, 0.1) is 6.92 Å². The van der Waals surface area contributed by atoms with E-state index in [0.717, 1.165) is 53.2 Å². The standard InChI is InChI=1S/C17H20ClN3O/c1-3-4-11-9-20-10(2)21-16(11)15-7-13(18)5-12-6-14(8-19)22-17(12)15/h5,7,9,14H,3-4,6,8,19H2,1-2H3/t14-/m0/s1. The number of hydrogen-bond donors (Lipinski definition) is 1. The number of nitrogens with zero attached hydrogens (tertiary/aromatic N) is 2. The molecule has 0 saturated carbocycles.